The van der Waals surface area contributed by atoms with Gasteiger partial charge in [-0.2, -0.15) is 0 Å². The molecule has 1 amide bonds. The van der Waals surface area contributed by atoms with E-state index in [9.17, 15) is 17.6 Å². The van der Waals surface area contributed by atoms with Gasteiger partial charge in [0.05, 0.1) is 10.6 Å². The molecule has 0 atom stereocenters. The maximum atomic E-state index is 13.3. The number of carbonyl (C=O) groups excluding carboxylic acids is 1. The summed E-state index contributed by atoms with van der Waals surface area (Å²) in [5, 5.41) is 2.91. The molecule has 0 unspecified atom stereocenters. The zero-order chi connectivity index (χ0) is 20.1. The van der Waals surface area contributed by atoms with Gasteiger partial charge in [-0.3, -0.25) is 4.79 Å². The molecule has 28 heavy (non-hydrogen) atoms. The number of rotatable bonds is 6. The molecule has 3 rings (SSSR count). The summed E-state index contributed by atoms with van der Waals surface area (Å²) < 4.78 is 43.7. The first-order valence-electron chi connectivity index (χ1n) is 8.14. The Hall–Kier alpha value is -2.90. The minimum absolute atomic E-state index is 0.00338. The van der Waals surface area contributed by atoms with E-state index in [0.29, 0.717) is 5.02 Å². The lowest BCUT2D eigenvalue weighted by atomic mass is 10.3. The number of carbonyl (C=O) groups is 1. The number of sulfone groups is 1. The smallest absolute Gasteiger partial charge is 0.240 e. The Balaban J connectivity index is 1.75. The van der Waals surface area contributed by atoms with Gasteiger partial charge in [0.1, 0.15) is 17.3 Å². The number of hydrogen-bond donors (Lipinski definition) is 1. The predicted octanol–water partition coefficient (Wildman–Crippen LogP) is 4.68. The second-order valence-electron chi connectivity index (χ2n) is 5.82. The van der Waals surface area contributed by atoms with Gasteiger partial charge >= 0.3 is 0 Å². The quantitative estimate of drug-likeness (QED) is 0.629. The zero-order valence-electron chi connectivity index (χ0n) is 14.4. The van der Waals surface area contributed by atoms with Gasteiger partial charge in [-0.05, 0) is 48.5 Å². The molecule has 144 valence electrons. The molecule has 0 radical (unpaired) electrons. The molecular weight excluding hydrogens is 405 g/mol. The monoisotopic (exact) mass is 419 g/mol. The molecule has 0 bridgehead atoms. The van der Waals surface area contributed by atoms with Crippen LogP contribution in [-0.2, 0) is 14.6 Å². The Morgan fingerprint density at radius 2 is 1.71 bits per heavy atom. The number of benzene rings is 3. The maximum absolute atomic E-state index is 13.3. The molecule has 0 saturated heterocycles. The van der Waals surface area contributed by atoms with Gasteiger partial charge in [0, 0.05) is 11.1 Å². The summed E-state index contributed by atoms with van der Waals surface area (Å²) in [4.78, 5) is 12.3. The highest BCUT2D eigenvalue weighted by atomic mass is 35.5. The van der Waals surface area contributed by atoms with Gasteiger partial charge in [-0.25, -0.2) is 12.8 Å². The lowest BCUT2D eigenvalue weighted by Gasteiger charge is -2.12. The highest BCUT2D eigenvalue weighted by Gasteiger charge is 2.20. The third-order valence-electron chi connectivity index (χ3n) is 3.68. The maximum Gasteiger partial charge on any atom is 0.240 e. The minimum Gasteiger partial charge on any atom is -0.455 e. The summed E-state index contributed by atoms with van der Waals surface area (Å²) in [6, 6.07) is 17.6. The third kappa shape index (κ3) is 5.09. The molecule has 0 aliphatic heterocycles. The highest BCUT2D eigenvalue weighted by molar-refractivity contribution is 7.92. The third-order valence-corrected chi connectivity index (χ3v) is 5.56. The number of anilines is 1. The summed E-state index contributed by atoms with van der Waals surface area (Å²) in [5.74, 6) is -1.44. The standard InChI is InChI=1S/C20H15ClFNO4S/c21-14-8-10-17(11-9-14)28(25,26)13-20(24)23-18-6-1-2-7-19(18)27-16-5-3-4-15(22)12-16/h1-12H,13H2,(H,23,24). The van der Waals surface area contributed by atoms with Gasteiger partial charge in [0.15, 0.2) is 15.6 Å². The number of hydrogen-bond acceptors (Lipinski definition) is 4. The van der Waals surface area contributed by atoms with E-state index in [1.807, 2.05) is 0 Å². The van der Waals surface area contributed by atoms with Crippen molar-refractivity contribution in [1.82, 2.24) is 0 Å². The first kappa shape index (κ1) is 19.9. The van der Waals surface area contributed by atoms with E-state index in [-0.39, 0.29) is 22.1 Å². The van der Waals surface area contributed by atoms with E-state index in [1.165, 1.54) is 42.5 Å². The topological polar surface area (TPSA) is 72.5 Å². The number of nitrogens with one attached hydrogen (secondary N) is 1. The van der Waals surface area contributed by atoms with Crippen molar-refractivity contribution in [2.24, 2.45) is 0 Å². The first-order chi connectivity index (χ1) is 13.3. The molecule has 0 saturated carbocycles. The largest absolute Gasteiger partial charge is 0.455 e. The van der Waals surface area contributed by atoms with Crippen molar-refractivity contribution in [3.05, 3.63) is 83.6 Å². The molecule has 1 N–H and O–H groups in total. The fourth-order valence-corrected chi connectivity index (χ4v) is 3.66. The van der Waals surface area contributed by atoms with E-state index in [4.69, 9.17) is 16.3 Å². The van der Waals surface area contributed by atoms with Crippen molar-refractivity contribution in [1.29, 1.82) is 0 Å². The van der Waals surface area contributed by atoms with Crippen LogP contribution in [-0.4, -0.2) is 20.1 Å². The molecule has 0 heterocycles. The molecule has 3 aromatic rings. The van der Waals surface area contributed by atoms with Crippen molar-refractivity contribution in [2.45, 2.75) is 4.90 Å². The lowest BCUT2D eigenvalue weighted by molar-refractivity contribution is -0.113. The van der Waals surface area contributed by atoms with Crippen LogP contribution in [0.15, 0.2) is 77.7 Å². The van der Waals surface area contributed by atoms with Gasteiger partial charge in [-0.15, -0.1) is 0 Å². The van der Waals surface area contributed by atoms with Crippen LogP contribution in [0.25, 0.3) is 0 Å². The predicted molar refractivity (Wildman–Crippen MR) is 105 cm³/mol. The molecule has 0 aliphatic carbocycles. The van der Waals surface area contributed by atoms with Crippen molar-refractivity contribution in [3.63, 3.8) is 0 Å². The van der Waals surface area contributed by atoms with Crippen LogP contribution >= 0.6 is 11.6 Å². The summed E-state index contributed by atoms with van der Waals surface area (Å²) >= 11 is 5.76. The van der Waals surface area contributed by atoms with Crippen molar-refractivity contribution >= 4 is 33.0 Å². The molecule has 0 spiro atoms. The summed E-state index contributed by atoms with van der Waals surface area (Å²) in [5.41, 5.74) is 0.267. The number of halogens is 2. The van der Waals surface area contributed by atoms with E-state index in [2.05, 4.69) is 5.32 Å². The first-order valence-corrected chi connectivity index (χ1v) is 10.2. The highest BCUT2D eigenvalue weighted by Crippen LogP contribution is 2.29. The average Bonchev–Trinajstić information content (AvgIpc) is 2.63. The fourth-order valence-electron chi connectivity index (χ4n) is 2.40. The Kier molecular flexibility index (Phi) is 5.96. The fraction of sp³-hybridized carbons (Fsp3) is 0.0500. The van der Waals surface area contributed by atoms with Crippen LogP contribution in [0.2, 0.25) is 5.02 Å². The van der Waals surface area contributed by atoms with Gasteiger partial charge < -0.3 is 10.1 Å². The Labute approximate surface area is 166 Å². The van der Waals surface area contributed by atoms with Gasteiger partial charge in [0.2, 0.25) is 5.91 Å². The average molecular weight is 420 g/mol. The zero-order valence-corrected chi connectivity index (χ0v) is 16.0. The van der Waals surface area contributed by atoms with Crippen LogP contribution < -0.4 is 10.1 Å². The summed E-state index contributed by atoms with van der Waals surface area (Å²) in [7, 11) is -3.83. The van der Waals surface area contributed by atoms with Gasteiger partial charge in [-0.1, -0.05) is 29.8 Å². The number of para-hydroxylation sites is 2. The molecule has 8 heteroatoms. The summed E-state index contributed by atoms with van der Waals surface area (Å²) in [6.07, 6.45) is 0. The van der Waals surface area contributed by atoms with Crippen molar-refractivity contribution in [2.75, 3.05) is 11.1 Å². The second-order valence-corrected chi connectivity index (χ2v) is 8.24. The van der Waals surface area contributed by atoms with Crippen molar-refractivity contribution < 1.29 is 22.3 Å². The minimum atomic E-state index is -3.83. The van der Waals surface area contributed by atoms with E-state index in [0.717, 1.165) is 0 Å². The van der Waals surface area contributed by atoms with Crippen molar-refractivity contribution in [3.8, 4) is 11.5 Å². The molecular formula is C20H15ClFNO4S. The van der Waals surface area contributed by atoms with Crippen LogP contribution in [0.1, 0.15) is 0 Å². The summed E-state index contributed by atoms with van der Waals surface area (Å²) in [6.45, 7) is 0. The lowest BCUT2D eigenvalue weighted by Crippen LogP contribution is -2.23. The van der Waals surface area contributed by atoms with E-state index >= 15 is 0 Å². The van der Waals surface area contributed by atoms with Gasteiger partial charge in [0.25, 0.3) is 0 Å². The molecule has 0 aliphatic rings. The van der Waals surface area contributed by atoms with E-state index < -0.39 is 27.3 Å². The van der Waals surface area contributed by atoms with Crippen LogP contribution in [0, 0.1) is 5.82 Å². The van der Waals surface area contributed by atoms with Crippen LogP contribution in [0.5, 0.6) is 11.5 Å². The Morgan fingerprint density at radius 3 is 2.43 bits per heavy atom. The van der Waals surface area contributed by atoms with E-state index in [1.54, 1.807) is 30.3 Å². The second kappa shape index (κ2) is 8.41. The Bertz CT molecular complexity index is 1100. The number of amides is 1. The molecule has 0 aromatic heterocycles. The molecule has 5 nitrogen and oxygen atoms in total. The number of ether oxygens (including phenoxy) is 1. The Morgan fingerprint density at radius 1 is 1.00 bits per heavy atom. The SMILES string of the molecule is O=C(CS(=O)(=O)c1ccc(Cl)cc1)Nc1ccccc1Oc1cccc(F)c1. The van der Waals surface area contributed by atoms with Crippen LogP contribution in [0.4, 0.5) is 10.1 Å². The van der Waals surface area contributed by atoms with Crippen LogP contribution in [0.3, 0.4) is 0 Å². The molecule has 3 aromatic carbocycles. The molecule has 0 fully saturated rings. The normalized spacial score (nSPS) is 11.1.